The number of sulfonamides is 1. The number of H-pyrrole nitrogens is 1. The van der Waals surface area contributed by atoms with E-state index in [4.69, 9.17) is 9.84 Å². The van der Waals surface area contributed by atoms with Crippen LogP contribution in [0, 0.1) is 5.92 Å². The molecule has 0 aliphatic rings. The standard InChI is InChI=1S/C12H19N3O6S/c1-4-7(3)9(11(16)17)15-22(19,20)10-8(6-13-14-10)12(18)21-5-2/h6-7,9,15H,4-5H2,1-3H3,(H,13,14)(H,16,17)/t7-,9-/m0/s1. The van der Waals surface area contributed by atoms with Gasteiger partial charge in [0.2, 0.25) is 0 Å². The molecule has 0 saturated carbocycles. The second kappa shape index (κ2) is 7.36. The summed E-state index contributed by atoms with van der Waals surface area (Å²) in [6, 6.07) is -1.31. The van der Waals surface area contributed by atoms with Crippen molar-refractivity contribution in [1.29, 1.82) is 0 Å². The number of hydrogen-bond donors (Lipinski definition) is 3. The van der Waals surface area contributed by atoms with Gasteiger partial charge >= 0.3 is 11.9 Å². The van der Waals surface area contributed by atoms with Crippen LogP contribution >= 0.6 is 0 Å². The Morgan fingerprint density at radius 3 is 2.59 bits per heavy atom. The van der Waals surface area contributed by atoms with Crippen LogP contribution in [0.3, 0.4) is 0 Å². The largest absolute Gasteiger partial charge is 0.480 e. The molecule has 0 spiro atoms. The third-order valence-electron chi connectivity index (χ3n) is 3.13. The van der Waals surface area contributed by atoms with Gasteiger partial charge in [-0.25, -0.2) is 13.2 Å². The van der Waals surface area contributed by atoms with Crippen molar-refractivity contribution >= 4 is 22.0 Å². The first-order valence-corrected chi connectivity index (χ1v) is 8.18. The van der Waals surface area contributed by atoms with Crippen LogP contribution in [-0.2, 0) is 19.6 Å². The van der Waals surface area contributed by atoms with Crippen LogP contribution in [0.25, 0.3) is 0 Å². The van der Waals surface area contributed by atoms with Gasteiger partial charge in [-0.3, -0.25) is 9.89 Å². The Hall–Kier alpha value is -1.94. The molecule has 124 valence electrons. The van der Waals surface area contributed by atoms with Crippen molar-refractivity contribution in [3.05, 3.63) is 11.8 Å². The number of nitrogens with zero attached hydrogens (tertiary/aromatic N) is 1. The number of nitrogens with one attached hydrogen (secondary N) is 2. The van der Waals surface area contributed by atoms with Gasteiger partial charge in [0.05, 0.1) is 12.8 Å². The van der Waals surface area contributed by atoms with E-state index in [-0.39, 0.29) is 12.2 Å². The Bertz CT molecular complexity index is 639. The fourth-order valence-electron chi connectivity index (χ4n) is 1.71. The molecule has 3 N–H and O–H groups in total. The van der Waals surface area contributed by atoms with Gasteiger partial charge in [0.25, 0.3) is 10.0 Å². The summed E-state index contributed by atoms with van der Waals surface area (Å²) in [5.41, 5.74) is -0.275. The molecule has 10 heteroatoms. The van der Waals surface area contributed by atoms with Crippen LogP contribution in [0.15, 0.2) is 11.2 Å². The quantitative estimate of drug-likeness (QED) is 0.584. The van der Waals surface area contributed by atoms with E-state index >= 15 is 0 Å². The first kappa shape index (κ1) is 18.1. The smallest absolute Gasteiger partial charge is 0.342 e. The van der Waals surface area contributed by atoms with Gasteiger partial charge < -0.3 is 9.84 Å². The number of hydrogen-bond acceptors (Lipinski definition) is 6. The molecular formula is C12H19N3O6S. The van der Waals surface area contributed by atoms with Crippen LogP contribution < -0.4 is 4.72 Å². The summed E-state index contributed by atoms with van der Waals surface area (Å²) >= 11 is 0. The average molecular weight is 333 g/mol. The minimum absolute atomic E-state index is 0.0710. The number of ether oxygens (including phenoxy) is 1. The second-order valence-corrected chi connectivity index (χ2v) is 6.31. The first-order valence-electron chi connectivity index (χ1n) is 6.70. The number of carboxylic acids is 1. The number of aromatic amines is 1. The van der Waals surface area contributed by atoms with Crippen LogP contribution in [0.2, 0.25) is 0 Å². The Balaban J connectivity index is 3.12. The van der Waals surface area contributed by atoms with Crippen molar-refractivity contribution in [2.75, 3.05) is 6.61 Å². The van der Waals surface area contributed by atoms with Crippen molar-refractivity contribution in [1.82, 2.24) is 14.9 Å². The number of aliphatic carboxylic acids is 1. The molecule has 0 aromatic carbocycles. The van der Waals surface area contributed by atoms with Gasteiger partial charge in [-0.15, -0.1) is 0 Å². The van der Waals surface area contributed by atoms with E-state index in [1.54, 1.807) is 20.8 Å². The fraction of sp³-hybridized carbons (Fsp3) is 0.583. The van der Waals surface area contributed by atoms with E-state index in [0.29, 0.717) is 6.42 Å². The summed E-state index contributed by atoms with van der Waals surface area (Å²) in [5.74, 6) is -2.58. The van der Waals surface area contributed by atoms with Gasteiger partial charge in [0.1, 0.15) is 11.6 Å². The maximum atomic E-state index is 12.3. The number of rotatable bonds is 8. The lowest BCUT2D eigenvalue weighted by atomic mass is 10.0. The Morgan fingerprint density at radius 1 is 1.45 bits per heavy atom. The van der Waals surface area contributed by atoms with Gasteiger partial charge in [-0.1, -0.05) is 20.3 Å². The number of carbonyl (C=O) groups excluding carboxylic acids is 1. The van der Waals surface area contributed by atoms with Gasteiger partial charge in [0, 0.05) is 0 Å². The maximum Gasteiger partial charge on any atom is 0.342 e. The van der Waals surface area contributed by atoms with E-state index in [9.17, 15) is 18.0 Å². The number of carbonyl (C=O) groups is 2. The van der Waals surface area contributed by atoms with Crippen molar-refractivity contribution in [3.63, 3.8) is 0 Å². The van der Waals surface area contributed by atoms with E-state index in [0.717, 1.165) is 6.20 Å². The zero-order valence-corrected chi connectivity index (χ0v) is 13.3. The average Bonchev–Trinajstić information content (AvgIpc) is 2.94. The second-order valence-electron chi connectivity index (χ2n) is 4.66. The summed E-state index contributed by atoms with van der Waals surface area (Å²) in [7, 11) is -4.26. The van der Waals surface area contributed by atoms with Crippen LogP contribution in [0.5, 0.6) is 0 Å². The summed E-state index contributed by atoms with van der Waals surface area (Å²) in [5, 5.41) is 14.3. The van der Waals surface area contributed by atoms with Gasteiger partial charge in [-0.05, 0) is 12.8 Å². The lowest BCUT2D eigenvalue weighted by Gasteiger charge is -2.19. The van der Waals surface area contributed by atoms with Crippen LogP contribution in [-0.4, -0.2) is 48.3 Å². The molecular weight excluding hydrogens is 314 g/mol. The molecule has 0 aliphatic carbocycles. The zero-order chi connectivity index (χ0) is 16.9. The van der Waals surface area contributed by atoms with Crippen molar-refractivity contribution < 1.29 is 27.9 Å². The lowest BCUT2D eigenvalue weighted by Crippen LogP contribution is -2.45. The topological polar surface area (TPSA) is 138 Å². The van der Waals surface area contributed by atoms with Crippen LogP contribution in [0.4, 0.5) is 0 Å². The minimum Gasteiger partial charge on any atom is -0.480 e. The molecule has 1 heterocycles. The Kier molecular flexibility index (Phi) is 6.06. The molecule has 0 unspecified atom stereocenters. The fourth-order valence-corrected chi connectivity index (χ4v) is 3.09. The molecule has 22 heavy (non-hydrogen) atoms. The summed E-state index contributed by atoms with van der Waals surface area (Å²) in [6.45, 7) is 5.00. The summed E-state index contributed by atoms with van der Waals surface area (Å²) in [4.78, 5) is 22.9. The first-order chi connectivity index (χ1) is 10.2. The lowest BCUT2D eigenvalue weighted by molar-refractivity contribution is -0.140. The van der Waals surface area contributed by atoms with Crippen molar-refractivity contribution in [2.45, 2.75) is 38.3 Å². The zero-order valence-electron chi connectivity index (χ0n) is 12.5. The van der Waals surface area contributed by atoms with E-state index in [2.05, 4.69) is 14.9 Å². The molecule has 0 radical (unpaired) electrons. The van der Waals surface area contributed by atoms with Crippen LogP contribution in [0.1, 0.15) is 37.6 Å². The highest BCUT2D eigenvalue weighted by molar-refractivity contribution is 7.89. The van der Waals surface area contributed by atoms with Crippen molar-refractivity contribution in [2.24, 2.45) is 5.92 Å². The predicted molar refractivity (Wildman–Crippen MR) is 75.7 cm³/mol. The normalized spacial score (nSPS) is 14.3. The SMILES string of the molecule is CCOC(=O)c1cn[nH]c1S(=O)(=O)N[C@H](C(=O)O)[C@@H](C)CC. The molecule has 9 nitrogen and oxygen atoms in total. The van der Waals surface area contributed by atoms with E-state index < -0.39 is 38.9 Å². The van der Waals surface area contributed by atoms with Gasteiger partial charge in [0.15, 0.2) is 5.03 Å². The molecule has 1 aromatic heterocycles. The third kappa shape index (κ3) is 4.04. The van der Waals surface area contributed by atoms with Gasteiger partial charge in [-0.2, -0.15) is 9.82 Å². The summed E-state index contributed by atoms with van der Waals surface area (Å²) in [6.07, 6.45) is 1.48. The summed E-state index contributed by atoms with van der Waals surface area (Å²) < 4.78 is 31.4. The highest BCUT2D eigenvalue weighted by Crippen LogP contribution is 2.16. The van der Waals surface area contributed by atoms with Crippen molar-refractivity contribution in [3.8, 4) is 0 Å². The molecule has 0 amide bonds. The third-order valence-corrected chi connectivity index (χ3v) is 4.54. The highest BCUT2D eigenvalue weighted by Gasteiger charge is 2.33. The number of carboxylic acid groups (broad SMARTS) is 1. The van der Waals surface area contributed by atoms with E-state index in [1.165, 1.54) is 0 Å². The van der Waals surface area contributed by atoms with E-state index in [1.807, 2.05) is 0 Å². The molecule has 0 saturated heterocycles. The number of esters is 1. The molecule has 0 aliphatic heterocycles. The predicted octanol–water partition coefficient (Wildman–Crippen LogP) is 0.364. The Labute approximate surface area is 128 Å². The molecule has 0 fully saturated rings. The molecule has 0 bridgehead atoms. The molecule has 1 rings (SSSR count). The minimum atomic E-state index is -4.26. The molecule has 1 aromatic rings. The maximum absolute atomic E-state index is 12.3. The molecule has 2 atom stereocenters. The highest BCUT2D eigenvalue weighted by atomic mass is 32.2. The monoisotopic (exact) mass is 333 g/mol. The Morgan fingerprint density at radius 2 is 2.09 bits per heavy atom. The number of aromatic nitrogens is 2.